The number of aryl methyl sites for hydroxylation is 1. The summed E-state index contributed by atoms with van der Waals surface area (Å²) in [5.74, 6) is 1.47. The van der Waals surface area contributed by atoms with Crippen molar-refractivity contribution in [1.82, 2.24) is 34.8 Å². The van der Waals surface area contributed by atoms with Crippen molar-refractivity contribution in [1.29, 1.82) is 0 Å². The lowest BCUT2D eigenvalue weighted by molar-refractivity contribution is 0.577. The first kappa shape index (κ1) is 15.0. The Morgan fingerprint density at radius 2 is 2.17 bits per heavy atom. The number of nitrogens with one attached hydrogen (secondary N) is 1. The lowest BCUT2D eigenvalue weighted by Crippen LogP contribution is -2.16. The molecule has 3 aromatic heterocycles. The molecular formula is C17H21N7. The molecule has 0 radical (unpaired) electrons. The van der Waals surface area contributed by atoms with Crippen molar-refractivity contribution in [2.45, 2.75) is 45.3 Å². The molecule has 1 N–H and O–H groups in total. The second-order valence-corrected chi connectivity index (χ2v) is 6.12. The molecule has 7 heteroatoms. The van der Waals surface area contributed by atoms with Crippen LogP contribution in [0.4, 0.5) is 0 Å². The fraction of sp³-hybridized carbons (Fsp3) is 0.412. The smallest absolute Gasteiger partial charge is 0.155 e. The maximum absolute atomic E-state index is 4.71. The van der Waals surface area contributed by atoms with Crippen molar-refractivity contribution in [3.05, 3.63) is 54.0 Å². The maximum atomic E-state index is 4.71. The first-order valence-corrected chi connectivity index (χ1v) is 8.40. The van der Waals surface area contributed by atoms with E-state index < -0.39 is 0 Å². The maximum Gasteiger partial charge on any atom is 0.155 e. The quantitative estimate of drug-likeness (QED) is 0.720. The van der Waals surface area contributed by atoms with Crippen molar-refractivity contribution < 1.29 is 0 Å². The topological polar surface area (TPSA) is 73.5 Å². The van der Waals surface area contributed by atoms with E-state index in [-0.39, 0.29) is 0 Å². The lowest BCUT2D eigenvalue weighted by atomic mass is 10.2. The monoisotopic (exact) mass is 323 g/mol. The van der Waals surface area contributed by atoms with E-state index >= 15 is 0 Å². The van der Waals surface area contributed by atoms with Gasteiger partial charge in [0.25, 0.3) is 0 Å². The summed E-state index contributed by atoms with van der Waals surface area (Å²) in [5, 5.41) is 12.3. The lowest BCUT2D eigenvalue weighted by Gasteiger charge is -2.07. The van der Waals surface area contributed by atoms with Crippen molar-refractivity contribution in [2.24, 2.45) is 0 Å². The minimum absolute atomic E-state index is 0.699. The zero-order valence-electron chi connectivity index (χ0n) is 13.8. The fourth-order valence-corrected chi connectivity index (χ4v) is 2.79. The van der Waals surface area contributed by atoms with E-state index in [4.69, 9.17) is 5.10 Å². The molecule has 1 saturated carbocycles. The molecular weight excluding hydrogens is 302 g/mol. The van der Waals surface area contributed by atoms with Crippen LogP contribution in [0.5, 0.6) is 0 Å². The molecule has 1 aliphatic rings. The Hall–Kier alpha value is -2.54. The van der Waals surface area contributed by atoms with Gasteiger partial charge in [0.05, 0.1) is 11.4 Å². The van der Waals surface area contributed by atoms with Crippen LogP contribution in [0.3, 0.4) is 0 Å². The molecule has 0 aromatic carbocycles. The van der Waals surface area contributed by atoms with Crippen LogP contribution in [0.15, 0.2) is 37.1 Å². The van der Waals surface area contributed by atoms with Crippen LogP contribution in [-0.4, -0.2) is 29.5 Å². The molecule has 0 atom stereocenters. The molecule has 0 aliphatic heterocycles. The summed E-state index contributed by atoms with van der Waals surface area (Å²) in [7, 11) is 0. The van der Waals surface area contributed by atoms with Gasteiger partial charge < -0.3 is 5.32 Å². The van der Waals surface area contributed by atoms with Gasteiger partial charge in [0.1, 0.15) is 12.7 Å². The van der Waals surface area contributed by atoms with Crippen LogP contribution in [-0.2, 0) is 19.6 Å². The number of rotatable bonds is 7. The Morgan fingerprint density at radius 1 is 1.25 bits per heavy atom. The Kier molecular flexibility index (Phi) is 4.08. The Bertz CT molecular complexity index is 785. The first-order chi connectivity index (χ1) is 11.8. The molecule has 3 aromatic rings. The van der Waals surface area contributed by atoms with Crippen LogP contribution in [0.2, 0.25) is 0 Å². The number of hydrogen-bond donors (Lipinski definition) is 1. The molecule has 7 nitrogen and oxygen atoms in total. The molecule has 0 saturated heterocycles. The number of aromatic nitrogens is 6. The average Bonchev–Trinajstić information content (AvgIpc) is 3.16. The molecule has 0 amide bonds. The summed E-state index contributed by atoms with van der Waals surface area (Å²) in [6, 6.07) is 6.26. The summed E-state index contributed by atoms with van der Waals surface area (Å²) in [4.78, 5) is 8.35. The van der Waals surface area contributed by atoms with Crippen LogP contribution >= 0.6 is 0 Å². The summed E-state index contributed by atoms with van der Waals surface area (Å²) in [6.45, 7) is 4.65. The van der Waals surface area contributed by atoms with Gasteiger partial charge >= 0.3 is 0 Å². The van der Waals surface area contributed by atoms with Crippen molar-refractivity contribution in [3.63, 3.8) is 0 Å². The van der Waals surface area contributed by atoms with E-state index in [9.17, 15) is 0 Å². The van der Waals surface area contributed by atoms with E-state index in [1.165, 1.54) is 30.6 Å². The van der Waals surface area contributed by atoms with Crippen LogP contribution < -0.4 is 5.32 Å². The second-order valence-electron chi connectivity index (χ2n) is 6.12. The largest absolute Gasteiger partial charge is 0.307 e. The number of nitrogens with zero attached hydrogens (tertiary/aromatic N) is 6. The van der Waals surface area contributed by atoms with Crippen LogP contribution in [0.1, 0.15) is 42.6 Å². The SMILES string of the molecule is CCn1nc(C2CC2)cc1CNCc1ccc(-n2cncn2)nc1. The molecule has 124 valence electrons. The van der Waals surface area contributed by atoms with E-state index in [1.54, 1.807) is 11.0 Å². The Morgan fingerprint density at radius 3 is 2.83 bits per heavy atom. The van der Waals surface area contributed by atoms with Gasteiger partial charge in [-0.05, 0) is 37.5 Å². The molecule has 24 heavy (non-hydrogen) atoms. The summed E-state index contributed by atoms with van der Waals surface area (Å²) in [6.07, 6.45) is 7.60. The molecule has 1 aliphatic carbocycles. The number of pyridine rings is 1. The fourth-order valence-electron chi connectivity index (χ4n) is 2.79. The van der Waals surface area contributed by atoms with Gasteiger partial charge in [-0.1, -0.05) is 6.07 Å². The molecule has 0 unspecified atom stereocenters. The predicted molar refractivity (Wildman–Crippen MR) is 89.6 cm³/mol. The van der Waals surface area contributed by atoms with E-state index in [0.29, 0.717) is 5.92 Å². The number of hydrogen-bond acceptors (Lipinski definition) is 5. The van der Waals surface area contributed by atoms with Gasteiger partial charge in [-0.25, -0.2) is 14.6 Å². The summed E-state index contributed by atoms with van der Waals surface area (Å²) in [5.41, 5.74) is 3.66. The van der Waals surface area contributed by atoms with Crippen molar-refractivity contribution in [3.8, 4) is 5.82 Å². The van der Waals surface area contributed by atoms with Crippen molar-refractivity contribution in [2.75, 3.05) is 0 Å². The Labute approximate surface area is 140 Å². The average molecular weight is 323 g/mol. The van der Waals surface area contributed by atoms with E-state index in [0.717, 1.165) is 31.0 Å². The minimum Gasteiger partial charge on any atom is -0.307 e. The Balaban J connectivity index is 1.35. The highest BCUT2D eigenvalue weighted by molar-refractivity contribution is 5.24. The minimum atomic E-state index is 0.699. The van der Waals surface area contributed by atoms with Gasteiger partial charge in [-0.2, -0.15) is 10.2 Å². The highest BCUT2D eigenvalue weighted by atomic mass is 15.3. The van der Waals surface area contributed by atoms with Gasteiger partial charge in [-0.15, -0.1) is 0 Å². The predicted octanol–water partition coefficient (Wildman–Crippen LogP) is 2.05. The molecule has 0 bridgehead atoms. The van der Waals surface area contributed by atoms with Crippen LogP contribution in [0, 0.1) is 0 Å². The second kappa shape index (κ2) is 6.52. The summed E-state index contributed by atoms with van der Waals surface area (Å²) >= 11 is 0. The third-order valence-electron chi connectivity index (χ3n) is 4.28. The van der Waals surface area contributed by atoms with Gasteiger partial charge in [0.2, 0.25) is 0 Å². The van der Waals surface area contributed by atoms with Gasteiger partial charge in [0.15, 0.2) is 5.82 Å². The van der Waals surface area contributed by atoms with Gasteiger partial charge in [-0.3, -0.25) is 4.68 Å². The molecule has 4 rings (SSSR count). The normalized spacial score (nSPS) is 14.2. The molecule has 1 fully saturated rings. The standard InChI is InChI=1S/C17H21N7/c1-2-23-15(7-16(22-23)14-4-5-14)10-18-8-13-3-6-17(20-9-13)24-12-19-11-21-24/h3,6-7,9,11-12,14,18H,2,4-5,8,10H2,1H3. The summed E-state index contributed by atoms with van der Waals surface area (Å²) < 4.78 is 3.75. The van der Waals surface area contributed by atoms with Crippen molar-refractivity contribution >= 4 is 0 Å². The van der Waals surface area contributed by atoms with Crippen LogP contribution in [0.25, 0.3) is 5.82 Å². The first-order valence-electron chi connectivity index (χ1n) is 8.40. The molecule has 0 spiro atoms. The zero-order chi connectivity index (χ0) is 16.4. The highest BCUT2D eigenvalue weighted by Crippen LogP contribution is 2.39. The third-order valence-corrected chi connectivity index (χ3v) is 4.28. The van der Waals surface area contributed by atoms with E-state index in [1.807, 2.05) is 12.3 Å². The highest BCUT2D eigenvalue weighted by Gasteiger charge is 2.26. The molecule has 3 heterocycles. The zero-order valence-corrected chi connectivity index (χ0v) is 13.8. The van der Waals surface area contributed by atoms with Gasteiger partial charge in [0, 0.05) is 31.7 Å². The third kappa shape index (κ3) is 3.21. The van der Waals surface area contributed by atoms with E-state index in [2.05, 4.69) is 44.1 Å².